The van der Waals surface area contributed by atoms with Gasteiger partial charge in [0.1, 0.15) is 76.2 Å². The number of nitrogens with one attached hydrogen (secondary N) is 2. The molecule has 0 aromatic heterocycles. The molecule has 0 saturated carbocycles. The van der Waals surface area contributed by atoms with Crippen molar-refractivity contribution in [3.05, 3.63) is 84.0 Å². The van der Waals surface area contributed by atoms with Gasteiger partial charge in [-0.1, -0.05) is 48.6 Å². The Morgan fingerprint density at radius 1 is 0.632 bits per heavy atom. The molecule has 6 heteroatoms. The summed E-state index contributed by atoms with van der Waals surface area (Å²) >= 11 is 0. The number of aliphatic hydroxyl groups excluding tert-OH is 2. The first-order valence-electron chi connectivity index (χ1n) is 14.4. The molecule has 1 fully saturated rings. The molecular formula is C32H44N2O4+2. The predicted molar refractivity (Wildman–Crippen MR) is 149 cm³/mol. The molecule has 204 valence electrons. The lowest BCUT2D eigenvalue weighted by Gasteiger charge is -2.31. The SMILES string of the molecule is O[C@H](COc1ccc([C@H]2C=CCC2)cc1)C[NH+]1CC[NH+](C[C@@H](O)COc2ccc([C@@H]3C=CCC3)cc2)CC1. The van der Waals surface area contributed by atoms with Gasteiger partial charge in [-0.15, -0.1) is 0 Å². The van der Waals surface area contributed by atoms with Gasteiger partial charge >= 0.3 is 0 Å². The number of hydrogen-bond acceptors (Lipinski definition) is 4. The summed E-state index contributed by atoms with van der Waals surface area (Å²) < 4.78 is 11.7. The predicted octanol–water partition coefficient (Wildman–Crippen LogP) is 1.52. The zero-order valence-corrected chi connectivity index (χ0v) is 22.4. The maximum atomic E-state index is 10.5. The third-order valence-electron chi connectivity index (χ3n) is 8.24. The van der Waals surface area contributed by atoms with Crippen LogP contribution in [0.3, 0.4) is 0 Å². The molecular weight excluding hydrogens is 476 g/mol. The summed E-state index contributed by atoms with van der Waals surface area (Å²) in [6.45, 7) is 5.96. The van der Waals surface area contributed by atoms with Gasteiger partial charge < -0.3 is 29.5 Å². The molecule has 4 atom stereocenters. The Bertz CT molecular complexity index is 959. The number of piperazine rings is 1. The molecule has 6 nitrogen and oxygen atoms in total. The van der Waals surface area contributed by atoms with Crippen molar-refractivity contribution in [1.82, 2.24) is 0 Å². The van der Waals surface area contributed by atoms with E-state index < -0.39 is 12.2 Å². The van der Waals surface area contributed by atoms with Crippen LogP contribution in [0.4, 0.5) is 0 Å². The van der Waals surface area contributed by atoms with Crippen LogP contribution in [0.1, 0.15) is 48.6 Å². The summed E-state index contributed by atoms with van der Waals surface area (Å²) in [5.74, 6) is 2.70. The highest BCUT2D eigenvalue weighted by atomic mass is 16.5. The van der Waals surface area contributed by atoms with E-state index >= 15 is 0 Å². The van der Waals surface area contributed by atoms with Gasteiger partial charge in [-0.3, -0.25) is 0 Å². The van der Waals surface area contributed by atoms with E-state index in [1.54, 1.807) is 0 Å². The molecule has 0 radical (unpaired) electrons. The standard InChI is InChI=1S/C32H42N2O4/c35-29(23-37-31-13-9-27(10-14-31)25-5-1-2-6-25)21-33-17-19-34(20-18-33)22-30(36)24-38-32-15-11-28(12-16-32)26-7-3-4-8-26/h1,3,5,7,9-16,25-26,29-30,35-36H,2,4,6,8,17-24H2/p+2/t25-,26+,29-,30+. The Morgan fingerprint density at radius 2 is 1.03 bits per heavy atom. The number of hydrogen-bond donors (Lipinski definition) is 4. The summed E-state index contributed by atoms with van der Waals surface area (Å²) in [5.41, 5.74) is 2.67. The second kappa shape index (κ2) is 13.4. The van der Waals surface area contributed by atoms with E-state index in [4.69, 9.17) is 9.47 Å². The fraction of sp³-hybridized carbons (Fsp3) is 0.500. The zero-order chi connectivity index (χ0) is 26.2. The molecule has 1 saturated heterocycles. The Kier molecular flexibility index (Phi) is 9.52. The molecule has 38 heavy (non-hydrogen) atoms. The average molecular weight is 521 g/mol. The Hall–Kier alpha value is -2.64. The van der Waals surface area contributed by atoms with Crippen LogP contribution in [-0.4, -0.2) is 74.9 Å². The van der Waals surface area contributed by atoms with E-state index in [-0.39, 0.29) is 0 Å². The highest BCUT2D eigenvalue weighted by molar-refractivity contribution is 5.33. The minimum atomic E-state index is -0.487. The first kappa shape index (κ1) is 26.9. The van der Waals surface area contributed by atoms with Crippen molar-refractivity contribution in [2.45, 2.75) is 49.7 Å². The van der Waals surface area contributed by atoms with Crippen LogP contribution in [0.2, 0.25) is 0 Å². The second-order valence-electron chi connectivity index (χ2n) is 11.2. The van der Waals surface area contributed by atoms with Gasteiger partial charge in [0.2, 0.25) is 0 Å². The van der Waals surface area contributed by atoms with E-state index in [1.165, 1.54) is 33.8 Å². The maximum absolute atomic E-state index is 10.5. The molecule has 0 unspecified atom stereocenters. The number of rotatable bonds is 12. The normalized spacial score (nSPS) is 26.4. The van der Waals surface area contributed by atoms with Crippen LogP contribution in [0.25, 0.3) is 0 Å². The highest BCUT2D eigenvalue weighted by Gasteiger charge is 2.27. The number of benzene rings is 2. The van der Waals surface area contributed by atoms with Crippen LogP contribution in [0.15, 0.2) is 72.8 Å². The van der Waals surface area contributed by atoms with E-state index in [2.05, 4.69) is 48.6 Å². The van der Waals surface area contributed by atoms with Gasteiger partial charge in [0.25, 0.3) is 0 Å². The Labute approximate surface area is 227 Å². The number of quaternary nitrogens is 2. The molecule has 1 aliphatic heterocycles. The van der Waals surface area contributed by atoms with E-state index in [0.29, 0.717) is 38.1 Å². The van der Waals surface area contributed by atoms with Crippen LogP contribution in [0.5, 0.6) is 11.5 Å². The Morgan fingerprint density at radius 3 is 1.37 bits per heavy atom. The lowest BCUT2D eigenvalue weighted by Crippen LogP contribution is -3.29. The molecule has 1 heterocycles. The maximum Gasteiger partial charge on any atom is 0.137 e. The van der Waals surface area contributed by atoms with Crippen molar-refractivity contribution >= 4 is 0 Å². The molecule has 4 N–H and O–H groups in total. The van der Waals surface area contributed by atoms with Gasteiger partial charge in [0, 0.05) is 11.8 Å². The minimum Gasteiger partial charge on any atom is -0.491 e. The van der Waals surface area contributed by atoms with Gasteiger partial charge in [0.15, 0.2) is 0 Å². The van der Waals surface area contributed by atoms with Crippen LogP contribution in [-0.2, 0) is 0 Å². The lowest BCUT2D eigenvalue weighted by molar-refractivity contribution is -1.01. The van der Waals surface area contributed by atoms with Crippen LogP contribution in [0, 0.1) is 0 Å². The molecule has 2 aromatic rings. The number of aliphatic hydroxyl groups is 2. The van der Waals surface area contributed by atoms with Crippen molar-refractivity contribution in [2.75, 3.05) is 52.5 Å². The van der Waals surface area contributed by atoms with Gasteiger partial charge in [0.05, 0.1) is 0 Å². The largest absolute Gasteiger partial charge is 0.491 e. The van der Waals surface area contributed by atoms with Gasteiger partial charge in [-0.05, 0) is 61.1 Å². The van der Waals surface area contributed by atoms with Crippen molar-refractivity contribution in [3.8, 4) is 11.5 Å². The first-order chi connectivity index (χ1) is 18.6. The molecule has 2 aromatic carbocycles. The third kappa shape index (κ3) is 7.70. The zero-order valence-electron chi connectivity index (χ0n) is 22.4. The third-order valence-corrected chi connectivity index (χ3v) is 8.24. The summed E-state index contributed by atoms with van der Waals surface area (Å²) in [4.78, 5) is 2.80. The van der Waals surface area contributed by atoms with E-state index in [0.717, 1.165) is 50.5 Å². The monoisotopic (exact) mass is 520 g/mol. The second-order valence-corrected chi connectivity index (χ2v) is 11.2. The van der Waals surface area contributed by atoms with Gasteiger partial charge in [-0.2, -0.15) is 0 Å². The topological polar surface area (TPSA) is 67.8 Å². The minimum absolute atomic E-state index is 0.317. The quantitative estimate of drug-likeness (QED) is 0.321. The summed E-state index contributed by atoms with van der Waals surface area (Å²) in [7, 11) is 0. The van der Waals surface area contributed by atoms with Crippen molar-refractivity contribution in [3.63, 3.8) is 0 Å². The average Bonchev–Trinajstić information content (AvgIpc) is 3.68. The number of ether oxygens (including phenoxy) is 2. The van der Waals surface area contributed by atoms with Crippen LogP contribution >= 0.6 is 0 Å². The molecule has 2 aliphatic carbocycles. The van der Waals surface area contributed by atoms with Crippen molar-refractivity contribution in [2.24, 2.45) is 0 Å². The van der Waals surface area contributed by atoms with Crippen LogP contribution < -0.4 is 19.3 Å². The van der Waals surface area contributed by atoms with E-state index in [1.807, 2.05) is 24.3 Å². The number of allylic oxidation sites excluding steroid dienone is 4. The molecule has 0 amide bonds. The summed E-state index contributed by atoms with van der Waals surface area (Å²) in [5, 5.41) is 21.1. The first-order valence-corrected chi connectivity index (χ1v) is 14.4. The van der Waals surface area contributed by atoms with Crippen molar-refractivity contribution < 1.29 is 29.5 Å². The van der Waals surface area contributed by atoms with Gasteiger partial charge in [-0.25, -0.2) is 0 Å². The highest BCUT2D eigenvalue weighted by Crippen LogP contribution is 2.30. The summed E-state index contributed by atoms with van der Waals surface area (Å²) in [6.07, 6.45) is 12.8. The smallest absolute Gasteiger partial charge is 0.137 e. The van der Waals surface area contributed by atoms with Crippen molar-refractivity contribution in [1.29, 1.82) is 0 Å². The molecule has 0 spiro atoms. The Balaban J connectivity index is 0.952. The molecule has 5 rings (SSSR count). The van der Waals surface area contributed by atoms with E-state index in [9.17, 15) is 10.2 Å². The fourth-order valence-electron chi connectivity index (χ4n) is 5.98. The summed E-state index contributed by atoms with van der Waals surface area (Å²) in [6, 6.07) is 16.6. The molecule has 3 aliphatic rings. The fourth-order valence-corrected chi connectivity index (χ4v) is 5.98. The lowest BCUT2D eigenvalue weighted by atomic mass is 9.99. The molecule has 0 bridgehead atoms.